The Morgan fingerprint density at radius 3 is 2.49 bits per heavy atom. The summed E-state index contributed by atoms with van der Waals surface area (Å²) in [6, 6.07) is 18.2. The van der Waals surface area contributed by atoms with Crippen LogP contribution in [0.15, 0.2) is 54.6 Å². The number of aryl methyl sites for hydroxylation is 1. The largest absolute Gasteiger partial charge is 0.476 e. The lowest BCUT2D eigenvalue weighted by Gasteiger charge is -2.38. The lowest BCUT2D eigenvalue weighted by atomic mass is 9.92. The highest BCUT2D eigenvalue weighted by molar-refractivity contribution is 5.95. The second kappa shape index (κ2) is 13.3. The van der Waals surface area contributed by atoms with Crippen LogP contribution in [-0.4, -0.2) is 87.4 Å². The summed E-state index contributed by atoms with van der Waals surface area (Å²) in [4.78, 5) is 39.8. The topological polar surface area (TPSA) is 126 Å². The highest BCUT2D eigenvalue weighted by Gasteiger charge is 2.34. The molecule has 47 heavy (non-hydrogen) atoms. The number of imidazole rings is 1. The molecule has 1 aliphatic carbocycles. The fourth-order valence-electron chi connectivity index (χ4n) is 7.43. The molecule has 0 spiro atoms. The van der Waals surface area contributed by atoms with Crippen LogP contribution in [0.2, 0.25) is 0 Å². The minimum absolute atomic E-state index is 0.0572. The molecule has 246 valence electrons. The van der Waals surface area contributed by atoms with Gasteiger partial charge in [0.05, 0.1) is 29.9 Å². The van der Waals surface area contributed by atoms with Gasteiger partial charge in [0.25, 0.3) is 0 Å². The average Bonchev–Trinajstić information content (AvgIpc) is 3.47. The van der Waals surface area contributed by atoms with Gasteiger partial charge in [-0.25, -0.2) is 14.6 Å². The van der Waals surface area contributed by atoms with Crippen molar-refractivity contribution in [2.24, 2.45) is 0 Å². The van der Waals surface area contributed by atoms with Crippen molar-refractivity contribution < 1.29 is 24.3 Å². The van der Waals surface area contributed by atoms with E-state index in [4.69, 9.17) is 19.7 Å². The Balaban J connectivity index is 1.11. The second-order valence-corrected chi connectivity index (χ2v) is 12.8. The first-order valence-electron chi connectivity index (χ1n) is 16.6. The second-order valence-electron chi connectivity index (χ2n) is 12.8. The molecule has 2 aliphatic heterocycles. The number of rotatable bonds is 7. The van der Waals surface area contributed by atoms with E-state index >= 15 is 0 Å². The zero-order chi connectivity index (χ0) is 32.5. The Kier molecular flexibility index (Phi) is 8.78. The highest BCUT2D eigenvalue weighted by Crippen LogP contribution is 2.40. The number of piperazine rings is 1. The van der Waals surface area contributed by atoms with E-state index in [1.165, 1.54) is 18.7 Å². The summed E-state index contributed by atoms with van der Waals surface area (Å²) in [5.74, 6) is 0.636. The first-order valence-corrected chi connectivity index (χ1v) is 16.6. The normalized spacial score (nSPS) is 21.9. The molecule has 1 N–H and O–H groups in total. The maximum absolute atomic E-state index is 12.8. The van der Waals surface area contributed by atoms with Crippen molar-refractivity contribution in [2.75, 3.05) is 43.1 Å². The van der Waals surface area contributed by atoms with Crippen molar-refractivity contribution >= 4 is 34.6 Å². The molecule has 1 saturated carbocycles. The number of amides is 1. The summed E-state index contributed by atoms with van der Waals surface area (Å²) < 4.78 is 7.62. The van der Waals surface area contributed by atoms with Crippen LogP contribution in [0.3, 0.4) is 0 Å². The Morgan fingerprint density at radius 1 is 0.957 bits per heavy atom. The standard InChI is InChI=1S/C35H41N7O5/c1-23-11-12-27-29(41(23)35(45)46-2)14-15-30-33(27)36-32(21-24-7-4-3-5-8-24)42(30)25-9-6-10-26(22-25)47-40-19-17-39(18-20-40)31-16-13-28(34(43)44)37-38-31/h3-5,7-8,13-16,23,25-26H,6,9-12,17-22H2,1-2H3,(H,43,44)/t23-,25?,26-/m0/s1. The van der Waals surface area contributed by atoms with Gasteiger partial charge >= 0.3 is 12.1 Å². The van der Waals surface area contributed by atoms with Crippen LogP contribution in [-0.2, 0) is 22.4 Å². The monoisotopic (exact) mass is 639 g/mol. The lowest BCUT2D eigenvalue weighted by Crippen LogP contribution is -2.48. The number of benzene rings is 2. The van der Waals surface area contributed by atoms with Gasteiger partial charge in [-0.3, -0.25) is 9.74 Å². The molecular formula is C35H41N7O5. The minimum atomic E-state index is -1.08. The van der Waals surface area contributed by atoms with Gasteiger partial charge in [0, 0.05) is 50.2 Å². The van der Waals surface area contributed by atoms with Crippen LogP contribution < -0.4 is 9.80 Å². The fraction of sp³-hybridized carbons (Fsp3) is 0.457. The molecule has 1 unspecified atom stereocenters. The van der Waals surface area contributed by atoms with Gasteiger partial charge in [-0.1, -0.05) is 30.3 Å². The predicted molar refractivity (Wildman–Crippen MR) is 177 cm³/mol. The highest BCUT2D eigenvalue weighted by atomic mass is 16.7. The molecule has 12 nitrogen and oxygen atoms in total. The maximum Gasteiger partial charge on any atom is 0.414 e. The molecule has 7 rings (SSSR count). The molecule has 2 aromatic carbocycles. The third kappa shape index (κ3) is 6.27. The van der Waals surface area contributed by atoms with E-state index < -0.39 is 5.97 Å². The quantitative estimate of drug-likeness (QED) is 0.286. The summed E-state index contributed by atoms with van der Waals surface area (Å²) in [5.41, 5.74) is 5.26. The molecule has 12 heteroatoms. The summed E-state index contributed by atoms with van der Waals surface area (Å²) in [5, 5.41) is 19.1. The zero-order valence-corrected chi connectivity index (χ0v) is 26.9. The number of aromatic nitrogens is 4. The number of anilines is 2. The Hall–Kier alpha value is -4.55. The van der Waals surface area contributed by atoms with Crippen LogP contribution in [0.25, 0.3) is 11.0 Å². The Labute approximate surface area is 273 Å². The van der Waals surface area contributed by atoms with Crippen LogP contribution in [0.1, 0.15) is 72.5 Å². The number of methoxy groups -OCH3 is 1. The molecule has 3 aliphatic rings. The third-order valence-electron chi connectivity index (χ3n) is 9.80. The average molecular weight is 640 g/mol. The van der Waals surface area contributed by atoms with Crippen molar-refractivity contribution in [1.29, 1.82) is 0 Å². The van der Waals surface area contributed by atoms with Crippen LogP contribution in [0, 0.1) is 0 Å². The van der Waals surface area contributed by atoms with Gasteiger partial charge in [-0.05, 0) is 75.3 Å². The third-order valence-corrected chi connectivity index (χ3v) is 9.80. The molecule has 2 aromatic heterocycles. The number of carboxylic acids is 1. The van der Waals surface area contributed by atoms with E-state index in [1.807, 2.05) is 6.07 Å². The van der Waals surface area contributed by atoms with E-state index in [9.17, 15) is 9.59 Å². The van der Waals surface area contributed by atoms with E-state index in [0.29, 0.717) is 5.82 Å². The van der Waals surface area contributed by atoms with Crippen molar-refractivity contribution in [3.63, 3.8) is 0 Å². The fourth-order valence-corrected chi connectivity index (χ4v) is 7.43. The molecule has 4 aromatic rings. The smallest absolute Gasteiger partial charge is 0.414 e. The molecule has 1 saturated heterocycles. The van der Waals surface area contributed by atoms with Gasteiger partial charge in [-0.2, -0.15) is 5.06 Å². The first kappa shape index (κ1) is 31.1. The number of nitrogens with zero attached hydrogens (tertiary/aromatic N) is 7. The maximum atomic E-state index is 12.8. The number of hydrogen-bond acceptors (Lipinski definition) is 9. The Bertz CT molecular complexity index is 1740. The van der Waals surface area contributed by atoms with Crippen molar-refractivity contribution in [2.45, 2.75) is 70.1 Å². The van der Waals surface area contributed by atoms with Crippen LogP contribution in [0.5, 0.6) is 0 Å². The summed E-state index contributed by atoms with van der Waals surface area (Å²) in [7, 11) is 1.44. The van der Waals surface area contributed by atoms with Gasteiger partial charge in [0.1, 0.15) is 5.82 Å². The number of carbonyl (C=O) groups is 2. The SMILES string of the molecule is COC(=O)N1c2ccc3c(nc(Cc4ccccc4)n3C3CCC[C@H](ON4CCN(c5ccc(C(=O)O)nn5)CC4)C3)c2CC[C@@H]1C. The number of aromatic carboxylic acids is 1. The minimum Gasteiger partial charge on any atom is -0.476 e. The van der Waals surface area contributed by atoms with E-state index in [0.717, 1.165) is 99.2 Å². The number of ether oxygens (including phenoxy) is 1. The summed E-state index contributed by atoms with van der Waals surface area (Å²) in [6.45, 7) is 4.95. The zero-order valence-electron chi connectivity index (χ0n) is 26.9. The van der Waals surface area contributed by atoms with Gasteiger partial charge in [0.2, 0.25) is 0 Å². The van der Waals surface area contributed by atoms with Crippen molar-refractivity contribution in [3.8, 4) is 0 Å². The van der Waals surface area contributed by atoms with E-state index in [-0.39, 0.29) is 30.0 Å². The lowest BCUT2D eigenvalue weighted by molar-refractivity contribution is -0.209. The number of hydrogen-bond donors (Lipinski definition) is 1. The molecule has 0 bridgehead atoms. The Morgan fingerprint density at radius 2 is 1.77 bits per heavy atom. The molecule has 3 atom stereocenters. The van der Waals surface area contributed by atoms with Gasteiger partial charge in [0.15, 0.2) is 11.5 Å². The molecule has 4 heterocycles. The number of carboxylic acid groups (broad SMARTS) is 1. The van der Waals surface area contributed by atoms with Gasteiger partial charge < -0.3 is 19.3 Å². The van der Waals surface area contributed by atoms with Crippen molar-refractivity contribution in [1.82, 2.24) is 24.8 Å². The molecule has 1 amide bonds. The number of fused-ring (bicyclic) bond motifs is 3. The number of carbonyl (C=O) groups excluding carboxylic acids is 1. The predicted octanol–water partition coefficient (Wildman–Crippen LogP) is 5.26. The molecular weight excluding hydrogens is 598 g/mol. The summed E-state index contributed by atoms with van der Waals surface area (Å²) in [6.07, 6.45) is 6.19. The molecule has 2 fully saturated rings. The van der Waals surface area contributed by atoms with Gasteiger partial charge in [-0.15, -0.1) is 10.2 Å². The van der Waals surface area contributed by atoms with Crippen LogP contribution in [0.4, 0.5) is 16.3 Å². The number of hydroxylamine groups is 2. The van der Waals surface area contributed by atoms with E-state index in [2.05, 4.69) is 68.0 Å². The summed E-state index contributed by atoms with van der Waals surface area (Å²) >= 11 is 0. The van der Waals surface area contributed by atoms with Crippen molar-refractivity contribution in [3.05, 3.63) is 77.2 Å². The van der Waals surface area contributed by atoms with E-state index in [1.54, 1.807) is 11.0 Å². The van der Waals surface area contributed by atoms with Crippen LogP contribution >= 0.6 is 0 Å². The molecule has 0 radical (unpaired) electrons. The first-order chi connectivity index (χ1) is 22.9.